The highest BCUT2D eigenvalue weighted by molar-refractivity contribution is 7.89. The first-order valence-corrected chi connectivity index (χ1v) is 7.13. The molecule has 0 aliphatic rings. The number of hydrogen-bond donors (Lipinski definition) is 2. The van der Waals surface area contributed by atoms with E-state index >= 15 is 0 Å². The summed E-state index contributed by atoms with van der Waals surface area (Å²) in [6.07, 6.45) is 1.63. The lowest BCUT2D eigenvalue weighted by Crippen LogP contribution is -2.20. The van der Waals surface area contributed by atoms with Crippen molar-refractivity contribution in [2.75, 3.05) is 12.4 Å². The molecule has 0 aliphatic heterocycles. The Bertz CT molecular complexity index is 665. The minimum atomic E-state index is -3.48. The molecule has 8 heteroatoms. The standard InChI is InChI=1S/C11H15N5O2S/c1-12-19(17,18)11-6-4-3-5-10(11)13-7-9-8-14-15-16(9)2/h3-6,8,12-13H,7H2,1-2H3. The highest BCUT2D eigenvalue weighted by atomic mass is 32.2. The van der Waals surface area contributed by atoms with Crippen LogP contribution in [0.3, 0.4) is 0 Å². The molecule has 0 atom stereocenters. The number of rotatable bonds is 5. The van der Waals surface area contributed by atoms with Gasteiger partial charge in [0, 0.05) is 7.05 Å². The Morgan fingerprint density at radius 2 is 2.05 bits per heavy atom. The maximum absolute atomic E-state index is 11.9. The van der Waals surface area contributed by atoms with Gasteiger partial charge in [-0.2, -0.15) is 0 Å². The topological polar surface area (TPSA) is 88.9 Å². The molecule has 102 valence electrons. The van der Waals surface area contributed by atoms with Crippen LogP contribution in [-0.4, -0.2) is 30.5 Å². The highest BCUT2D eigenvalue weighted by Crippen LogP contribution is 2.20. The van der Waals surface area contributed by atoms with Gasteiger partial charge in [0.25, 0.3) is 0 Å². The summed E-state index contributed by atoms with van der Waals surface area (Å²) in [7, 11) is -0.316. The van der Waals surface area contributed by atoms with Gasteiger partial charge in [0.15, 0.2) is 0 Å². The van der Waals surface area contributed by atoms with Crippen LogP contribution < -0.4 is 10.0 Å². The average Bonchev–Trinajstić information content (AvgIpc) is 2.82. The average molecular weight is 281 g/mol. The van der Waals surface area contributed by atoms with E-state index in [9.17, 15) is 8.42 Å². The van der Waals surface area contributed by atoms with Gasteiger partial charge in [-0.15, -0.1) is 5.10 Å². The van der Waals surface area contributed by atoms with Gasteiger partial charge in [-0.3, -0.25) is 4.68 Å². The van der Waals surface area contributed by atoms with Crippen LogP contribution in [0.2, 0.25) is 0 Å². The summed E-state index contributed by atoms with van der Waals surface area (Å²) in [5.74, 6) is 0. The summed E-state index contributed by atoms with van der Waals surface area (Å²) in [4.78, 5) is 0.215. The zero-order valence-corrected chi connectivity index (χ0v) is 11.5. The molecule has 0 radical (unpaired) electrons. The van der Waals surface area contributed by atoms with E-state index in [0.717, 1.165) is 5.69 Å². The van der Waals surface area contributed by atoms with Crippen molar-refractivity contribution in [2.24, 2.45) is 7.05 Å². The third-order valence-corrected chi connectivity index (χ3v) is 4.19. The number of benzene rings is 1. The smallest absolute Gasteiger partial charge is 0.242 e. The van der Waals surface area contributed by atoms with Crippen LogP contribution in [0.1, 0.15) is 5.69 Å². The largest absolute Gasteiger partial charge is 0.378 e. The summed E-state index contributed by atoms with van der Waals surface area (Å²) in [5, 5.41) is 10.7. The molecule has 0 saturated heterocycles. The van der Waals surface area contributed by atoms with Crippen molar-refractivity contribution in [2.45, 2.75) is 11.4 Å². The van der Waals surface area contributed by atoms with Gasteiger partial charge < -0.3 is 5.32 Å². The molecule has 1 heterocycles. The van der Waals surface area contributed by atoms with E-state index in [1.165, 1.54) is 7.05 Å². The molecule has 0 spiro atoms. The van der Waals surface area contributed by atoms with Crippen molar-refractivity contribution in [3.8, 4) is 0 Å². The molecule has 0 bridgehead atoms. The van der Waals surface area contributed by atoms with Crippen LogP contribution >= 0.6 is 0 Å². The normalized spacial score (nSPS) is 11.5. The number of para-hydroxylation sites is 1. The fraction of sp³-hybridized carbons (Fsp3) is 0.273. The van der Waals surface area contributed by atoms with Crippen molar-refractivity contribution in [1.29, 1.82) is 0 Å². The molecule has 0 amide bonds. The molecular formula is C11H15N5O2S. The Morgan fingerprint density at radius 1 is 1.32 bits per heavy atom. The number of aryl methyl sites for hydroxylation is 1. The van der Waals surface area contributed by atoms with Gasteiger partial charge >= 0.3 is 0 Å². The summed E-state index contributed by atoms with van der Waals surface area (Å²) in [6.45, 7) is 0.444. The summed E-state index contributed by atoms with van der Waals surface area (Å²) in [5.41, 5.74) is 1.40. The quantitative estimate of drug-likeness (QED) is 0.824. The van der Waals surface area contributed by atoms with Crippen molar-refractivity contribution in [1.82, 2.24) is 19.7 Å². The molecule has 1 aromatic heterocycles. The summed E-state index contributed by atoms with van der Waals surface area (Å²) in [6, 6.07) is 6.73. The van der Waals surface area contributed by atoms with Crippen molar-refractivity contribution >= 4 is 15.7 Å². The maximum atomic E-state index is 11.9. The molecule has 19 heavy (non-hydrogen) atoms. The predicted octanol–water partition coefficient (Wildman–Crippen LogP) is 0.335. The fourth-order valence-corrected chi connectivity index (χ4v) is 2.52. The molecular weight excluding hydrogens is 266 g/mol. The number of anilines is 1. The van der Waals surface area contributed by atoms with E-state index in [1.54, 1.807) is 42.2 Å². The lowest BCUT2D eigenvalue weighted by atomic mass is 10.3. The number of nitrogens with one attached hydrogen (secondary N) is 2. The summed E-state index contributed by atoms with van der Waals surface area (Å²) < 4.78 is 27.7. The van der Waals surface area contributed by atoms with Crippen LogP contribution in [-0.2, 0) is 23.6 Å². The van der Waals surface area contributed by atoms with Crippen molar-refractivity contribution in [3.63, 3.8) is 0 Å². The van der Waals surface area contributed by atoms with E-state index in [-0.39, 0.29) is 4.90 Å². The lowest BCUT2D eigenvalue weighted by Gasteiger charge is -2.11. The van der Waals surface area contributed by atoms with Crippen LogP contribution in [0.15, 0.2) is 35.4 Å². The van der Waals surface area contributed by atoms with E-state index in [0.29, 0.717) is 12.2 Å². The van der Waals surface area contributed by atoms with Crippen LogP contribution in [0, 0.1) is 0 Å². The van der Waals surface area contributed by atoms with E-state index < -0.39 is 10.0 Å². The Hall–Kier alpha value is -1.93. The second-order valence-corrected chi connectivity index (χ2v) is 5.76. The number of hydrogen-bond acceptors (Lipinski definition) is 5. The highest BCUT2D eigenvalue weighted by Gasteiger charge is 2.15. The Kier molecular flexibility index (Phi) is 3.82. The SMILES string of the molecule is CNS(=O)(=O)c1ccccc1NCc1cnnn1C. The molecule has 0 fully saturated rings. The van der Waals surface area contributed by atoms with Gasteiger partial charge in [0.2, 0.25) is 10.0 Å². The summed E-state index contributed by atoms with van der Waals surface area (Å²) >= 11 is 0. The fourth-order valence-electron chi connectivity index (χ4n) is 1.61. The molecule has 0 aliphatic carbocycles. The second kappa shape index (κ2) is 5.37. The minimum Gasteiger partial charge on any atom is -0.378 e. The maximum Gasteiger partial charge on any atom is 0.242 e. The molecule has 0 saturated carbocycles. The van der Waals surface area contributed by atoms with Gasteiger partial charge in [-0.1, -0.05) is 17.3 Å². The monoisotopic (exact) mass is 281 g/mol. The van der Waals surface area contributed by atoms with Gasteiger partial charge in [-0.05, 0) is 19.2 Å². The van der Waals surface area contributed by atoms with Gasteiger partial charge in [0.05, 0.1) is 24.1 Å². The molecule has 0 unspecified atom stereocenters. The van der Waals surface area contributed by atoms with Crippen LogP contribution in [0.4, 0.5) is 5.69 Å². The third-order valence-electron chi connectivity index (χ3n) is 2.71. The first-order chi connectivity index (χ1) is 9.04. The van der Waals surface area contributed by atoms with Crippen molar-refractivity contribution < 1.29 is 8.42 Å². The molecule has 7 nitrogen and oxygen atoms in total. The van der Waals surface area contributed by atoms with Gasteiger partial charge in [-0.25, -0.2) is 13.1 Å². The first-order valence-electron chi connectivity index (χ1n) is 5.64. The molecule has 2 N–H and O–H groups in total. The predicted molar refractivity (Wildman–Crippen MR) is 71.0 cm³/mol. The van der Waals surface area contributed by atoms with Crippen molar-refractivity contribution in [3.05, 3.63) is 36.2 Å². The Labute approximate surface area is 111 Å². The first kappa shape index (κ1) is 13.5. The van der Waals surface area contributed by atoms with E-state index in [1.807, 2.05) is 0 Å². The third kappa shape index (κ3) is 2.91. The lowest BCUT2D eigenvalue weighted by molar-refractivity contribution is 0.588. The number of aromatic nitrogens is 3. The molecule has 1 aromatic carbocycles. The Balaban J connectivity index is 2.24. The molecule has 2 rings (SSSR count). The van der Waals surface area contributed by atoms with Gasteiger partial charge in [0.1, 0.15) is 4.90 Å². The van der Waals surface area contributed by atoms with E-state index in [4.69, 9.17) is 0 Å². The second-order valence-electron chi connectivity index (χ2n) is 3.91. The van der Waals surface area contributed by atoms with Crippen LogP contribution in [0.5, 0.6) is 0 Å². The molecule has 2 aromatic rings. The minimum absolute atomic E-state index is 0.215. The van der Waals surface area contributed by atoms with E-state index in [2.05, 4.69) is 20.4 Å². The zero-order chi connectivity index (χ0) is 13.9. The zero-order valence-electron chi connectivity index (χ0n) is 10.7. The number of nitrogens with zero attached hydrogens (tertiary/aromatic N) is 3. The Morgan fingerprint density at radius 3 is 2.68 bits per heavy atom. The number of sulfonamides is 1. The van der Waals surface area contributed by atoms with Crippen LogP contribution in [0.25, 0.3) is 0 Å².